The zero-order valence-electron chi connectivity index (χ0n) is 20.8. The number of hydrogen-bond acceptors (Lipinski definition) is 3. The Labute approximate surface area is 193 Å². The van der Waals surface area contributed by atoms with Gasteiger partial charge in [0.25, 0.3) is 0 Å². The summed E-state index contributed by atoms with van der Waals surface area (Å²) in [7, 11) is 2.20. The number of ether oxygens (including phenoxy) is 2. The Kier molecular flexibility index (Phi) is 5.98. The molecule has 0 radical (unpaired) electrons. The van der Waals surface area contributed by atoms with Crippen LogP contribution >= 0.6 is 0 Å². The maximum Gasteiger partial charge on any atom is 0.235 e. The molecule has 3 atom stereocenters. The summed E-state index contributed by atoms with van der Waals surface area (Å²) in [5, 5.41) is 0. The van der Waals surface area contributed by atoms with Gasteiger partial charge in [-0.1, -0.05) is 55.8 Å². The molecule has 4 rings (SSSR count). The van der Waals surface area contributed by atoms with Crippen molar-refractivity contribution < 1.29 is 9.47 Å². The number of fused-ring (bicyclic) bond motifs is 1. The molecule has 2 aliphatic rings. The van der Waals surface area contributed by atoms with Crippen molar-refractivity contribution >= 4 is 11.8 Å². The number of allylic oxidation sites excluding steroid dienone is 1. The van der Waals surface area contributed by atoms with Crippen LogP contribution in [0.25, 0.3) is 6.08 Å². The highest BCUT2D eigenvalue weighted by Crippen LogP contribution is 2.44. The second-order valence-electron chi connectivity index (χ2n) is 10.1. The topological polar surface area (TPSA) is 21.7 Å². The second kappa shape index (κ2) is 8.44. The van der Waals surface area contributed by atoms with E-state index in [1.54, 1.807) is 0 Å². The number of anilines is 1. The first-order valence-electron chi connectivity index (χ1n) is 11.8. The van der Waals surface area contributed by atoms with Gasteiger partial charge in [-0.2, -0.15) is 0 Å². The summed E-state index contributed by atoms with van der Waals surface area (Å²) in [6.45, 7) is 15.0. The van der Waals surface area contributed by atoms with Crippen LogP contribution in [0.3, 0.4) is 0 Å². The van der Waals surface area contributed by atoms with Gasteiger partial charge in [-0.05, 0) is 74.4 Å². The monoisotopic (exact) mass is 431 g/mol. The van der Waals surface area contributed by atoms with E-state index in [0.29, 0.717) is 5.92 Å². The molecular formula is C29H37NO2. The quantitative estimate of drug-likeness (QED) is 0.510. The summed E-state index contributed by atoms with van der Waals surface area (Å²) >= 11 is 0. The van der Waals surface area contributed by atoms with Crippen LogP contribution in [0, 0.1) is 19.8 Å². The molecule has 0 bridgehead atoms. The normalized spacial score (nSPS) is 24.9. The molecule has 0 amide bonds. The molecule has 3 unspecified atom stereocenters. The SMILES string of the molecule is CC1=CC(C)OC(C)(c2c(C)cc(C)cc2C2C=Cc3ccc(CC(C)C)cc3N2C)O1. The molecule has 0 spiro atoms. The van der Waals surface area contributed by atoms with Crippen molar-refractivity contribution in [3.63, 3.8) is 0 Å². The number of nitrogens with zero attached hydrogens (tertiary/aromatic N) is 1. The van der Waals surface area contributed by atoms with Gasteiger partial charge in [0, 0.05) is 25.2 Å². The molecule has 3 nitrogen and oxygen atoms in total. The number of likely N-dealkylation sites (N-methyl/N-ethyl adjacent to an activating group) is 1. The minimum atomic E-state index is -0.820. The minimum absolute atomic E-state index is 0.00116. The second-order valence-corrected chi connectivity index (χ2v) is 10.1. The van der Waals surface area contributed by atoms with Crippen LogP contribution in [0.1, 0.15) is 74.0 Å². The maximum atomic E-state index is 6.41. The molecule has 2 aromatic carbocycles. The van der Waals surface area contributed by atoms with Crippen molar-refractivity contribution in [3.8, 4) is 0 Å². The Morgan fingerprint density at radius 2 is 1.84 bits per heavy atom. The van der Waals surface area contributed by atoms with E-state index >= 15 is 0 Å². The van der Waals surface area contributed by atoms with Crippen LogP contribution in [0.4, 0.5) is 5.69 Å². The first kappa shape index (κ1) is 22.7. The third kappa shape index (κ3) is 4.23. The van der Waals surface area contributed by atoms with Crippen molar-refractivity contribution in [1.82, 2.24) is 0 Å². The molecule has 0 N–H and O–H groups in total. The predicted molar refractivity (Wildman–Crippen MR) is 134 cm³/mol. The summed E-state index contributed by atoms with van der Waals surface area (Å²) < 4.78 is 12.8. The number of hydrogen-bond donors (Lipinski definition) is 0. The summed E-state index contributed by atoms with van der Waals surface area (Å²) in [6.07, 6.45) is 7.69. The Morgan fingerprint density at radius 1 is 1.09 bits per heavy atom. The Bertz CT molecular complexity index is 1080. The minimum Gasteiger partial charge on any atom is -0.463 e. The van der Waals surface area contributed by atoms with Crippen molar-refractivity contribution in [2.45, 2.75) is 72.8 Å². The molecule has 32 heavy (non-hydrogen) atoms. The summed E-state index contributed by atoms with van der Waals surface area (Å²) in [5.41, 5.74) is 8.76. The first-order chi connectivity index (χ1) is 15.1. The van der Waals surface area contributed by atoms with Gasteiger partial charge >= 0.3 is 0 Å². The molecule has 0 fully saturated rings. The van der Waals surface area contributed by atoms with Crippen LogP contribution < -0.4 is 4.90 Å². The highest BCUT2D eigenvalue weighted by atomic mass is 16.7. The Balaban J connectivity index is 1.81. The first-order valence-corrected chi connectivity index (χ1v) is 11.8. The van der Waals surface area contributed by atoms with Crippen LogP contribution in [-0.2, 0) is 21.7 Å². The largest absolute Gasteiger partial charge is 0.463 e. The average Bonchev–Trinajstić information content (AvgIpc) is 2.66. The van der Waals surface area contributed by atoms with Gasteiger partial charge in [0.15, 0.2) is 0 Å². The van der Waals surface area contributed by atoms with Crippen LogP contribution in [0.15, 0.2) is 48.2 Å². The predicted octanol–water partition coefficient (Wildman–Crippen LogP) is 7.22. The summed E-state index contributed by atoms with van der Waals surface area (Å²) in [4.78, 5) is 2.40. The lowest BCUT2D eigenvalue weighted by atomic mass is 9.86. The van der Waals surface area contributed by atoms with Crippen LogP contribution in [0.2, 0.25) is 0 Å². The zero-order chi connectivity index (χ0) is 23.2. The maximum absolute atomic E-state index is 6.41. The number of aryl methyl sites for hydroxylation is 2. The van der Waals surface area contributed by atoms with Gasteiger partial charge in [0.05, 0.1) is 17.9 Å². The molecule has 3 heteroatoms. The van der Waals surface area contributed by atoms with E-state index in [1.165, 1.54) is 33.5 Å². The van der Waals surface area contributed by atoms with Crippen LogP contribution in [-0.4, -0.2) is 13.2 Å². The average molecular weight is 432 g/mol. The molecule has 0 saturated carbocycles. The summed E-state index contributed by atoms with van der Waals surface area (Å²) in [5.74, 6) is 0.728. The van der Waals surface area contributed by atoms with Crippen molar-refractivity contribution in [1.29, 1.82) is 0 Å². The van der Waals surface area contributed by atoms with Crippen LogP contribution in [0.5, 0.6) is 0 Å². The van der Waals surface area contributed by atoms with Crippen molar-refractivity contribution in [3.05, 3.63) is 81.6 Å². The van der Waals surface area contributed by atoms with E-state index in [4.69, 9.17) is 9.47 Å². The van der Waals surface area contributed by atoms with E-state index in [2.05, 4.69) is 96.0 Å². The highest BCUT2D eigenvalue weighted by molar-refractivity contribution is 5.74. The Hall–Kier alpha value is -2.52. The standard InChI is InChI=1S/C29H37NO2/c1-18(2)13-23-9-10-24-11-12-26(30(8)27(24)17-23)25-15-19(3)14-20(4)28(25)29(7)31-21(5)16-22(6)32-29/h9-12,14-18,21,26H,13H2,1-8H3. The van der Waals surface area contributed by atoms with E-state index in [-0.39, 0.29) is 12.1 Å². The molecule has 2 heterocycles. The van der Waals surface area contributed by atoms with E-state index in [9.17, 15) is 0 Å². The fraction of sp³-hybridized carbons (Fsp3) is 0.448. The lowest BCUT2D eigenvalue weighted by Crippen LogP contribution is -2.39. The molecule has 0 saturated heterocycles. The molecule has 0 aliphatic carbocycles. The smallest absolute Gasteiger partial charge is 0.235 e. The molecule has 2 aliphatic heterocycles. The number of rotatable bonds is 4. The van der Waals surface area contributed by atoms with Gasteiger partial charge in [-0.25, -0.2) is 0 Å². The van der Waals surface area contributed by atoms with E-state index in [1.807, 2.05) is 13.0 Å². The zero-order valence-corrected chi connectivity index (χ0v) is 20.8. The lowest BCUT2D eigenvalue weighted by Gasteiger charge is -2.41. The fourth-order valence-corrected chi connectivity index (χ4v) is 5.47. The third-order valence-electron chi connectivity index (χ3n) is 6.51. The van der Waals surface area contributed by atoms with Gasteiger partial charge in [-0.15, -0.1) is 0 Å². The van der Waals surface area contributed by atoms with Gasteiger partial charge in [-0.3, -0.25) is 0 Å². The van der Waals surface area contributed by atoms with Gasteiger partial charge in [0.2, 0.25) is 5.79 Å². The number of benzene rings is 2. The highest BCUT2D eigenvalue weighted by Gasteiger charge is 2.40. The summed E-state index contributed by atoms with van der Waals surface area (Å²) in [6, 6.07) is 11.5. The van der Waals surface area contributed by atoms with Gasteiger partial charge in [0.1, 0.15) is 0 Å². The molecule has 170 valence electrons. The lowest BCUT2D eigenvalue weighted by molar-refractivity contribution is -0.240. The molecular weight excluding hydrogens is 394 g/mol. The third-order valence-corrected chi connectivity index (χ3v) is 6.51. The fourth-order valence-electron chi connectivity index (χ4n) is 5.47. The van der Waals surface area contributed by atoms with Crippen molar-refractivity contribution in [2.24, 2.45) is 5.92 Å². The van der Waals surface area contributed by atoms with Crippen molar-refractivity contribution in [2.75, 3.05) is 11.9 Å². The van der Waals surface area contributed by atoms with Gasteiger partial charge < -0.3 is 14.4 Å². The van der Waals surface area contributed by atoms with E-state index in [0.717, 1.165) is 17.7 Å². The molecule has 2 aromatic rings. The molecule has 0 aromatic heterocycles. The Morgan fingerprint density at radius 3 is 2.53 bits per heavy atom. The van der Waals surface area contributed by atoms with E-state index < -0.39 is 5.79 Å².